The molecule has 8 heteroatoms. The summed E-state index contributed by atoms with van der Waals surface area (Å²) < 4.78 is 24.8. The summed E-state index contributed by atoms with van der Waals surface area (Å²) in [7, 11) is -1.36. The summed E-state index contributed by atoms with van der Waals surface area (Å²) >= 11 is 0. The van der Waals surface area contributed by atoms with Crippen LogP contribution < -0.4 is 5.32 Å². The summed E-state index contributed by atoms with van der Waals surface area (Å²) in [5, 5.41) is 6.99. The van der Waals surface area contributed by atoms with Crippen molar-refractivity contribution in [2.24, 2.45) is 0 Å². The number of urea groups is 1. The molecule has 1 aromatic heterocycles. The summed E-state index contributed by atoms with van der Waals surface area (Å²) in [6, 6.07) is 9.08. The SMILES string of the molecule is CN(C(=O)NCc1ccc(-n2cccn2)cc1)[C@@H]1CCS(=O)(=O)C1. The van der Waals surface area contributed by atoms with Crippen molar-refractivity contribution in [3.63, 3.8) is 0 Å². The molecule has 1 saturated heterocycles. The molecule has 1 N–H and O–H groups in total. The smallest absolute Gasteiger partial charge is 0.317 e. The highest BCUT2D eigenvalue weighted by Gasteiger charge is 2.32. The molecular weight excluding hydrogens is 328 g/mol. The maximum atomic E-state index is 12.2. The fourth-order valence-corrected chi connectivity index (χ4v) is 4.51. The Labute approximate surface area is 141 Å². The van der Waals surface area contributed by atoms with Crippen molar-refractivity contribution >= 4 is 15.9 Å². The molecule has 0 saturated carbocycles. The Kier molecular flexibility index (Phi) is 4.57. The zero-order chi connectivity index (χ0) is 17.2. The fourth-order valence-electron chi connectivity index (χ4n) is 2.74. The molecule has 1 aliphatic rings. The van der Waals surface area contributed by atoms with Gasteiger partial charge in [-0.15, -0.1) is 0 Å². The van der Waals surface area contributed by atoms with Gasteiger partial charge in [0.1, 0.15) is 0 Å². The number of hydrogen-bond donors (Lipinski definition) is 1. The monoisotopic (exact) mass is 348 g/mol. The molecule has 2 amide bonds. The van der Waals surface area contributed by atoms with Gasteiger partial charge in [0, 0.05) is 32.0 Å². The molecule has 7 nitrogen and oxygen atoms in total. The van der Waals surface area contributed by atoms with E-state index >= 15 is 0 Å². The van der Waals surface area contributed by atoms with Crippen LogP contribution in [0.1, 0.15) is 12.0 Å². The lowest BCUT2D eigenvalue weighted by Crippen LogP contribution is -2.43. The number of hydrogen-bond acceptors (Lipinski definition) is 4. The number of amides is 2. The lowest BCUT2D eigenvalue weighted by Gasteiger charge is -2.23. The van der Waals surface area contributed by atoms with E-state index in [4.69, 9.17) is 0 Å². The molecule has 2 heterocycles. The molecule has 0 spiro atoms. The number of nitrogens with one attached hydrogen (secondary N) is 1. The van der Waals surface area contributed by atoms with Crippen molar-refractivity contribution in [3.8, 4) is 5.69 Å². The van der Waals surface area contributed by atoms with Gasteiger partial charge in [-0.05, 0) is 30.2 Å². The topological polar surface area (TPSA) is 84.3 Å². The third-order valence-corrected chi connectivity index (χ3v) is 5.98. The molecule has 0 radical (unpaired) electrons. The Morgan fingerprint density at radius 3 is 2.71 bits per heavy atom. The Bertz CT molecular complexity index is 800. The quantitative estimate of drug-likeness (QED) is 0.900. The van der Waals surface area contributed by atoms with Crippen molar-refractivity contribution in [1.82, 2.24) is 20.0 Å². The number of benzene rings is 1. The number of sulfone groups is 1. The van der Waals surface area contributed by atoms with E-state index < -0.39 is 9.84 Å². The average Bonchev–Trinajstić information content (AvgIpc) is 3.22. The largest absolute Gasteiger partial charge is 0.334 e. The van der Waals surface area contributed by atoms with E-state index in [9.17, 15) is 13.2 Å². The normalized spacial score (nSPS) is 19.1. The van der Waals surface area contributed by atoms with E-state index in [2.05, 4.69) is 10.4 Å². The summed E-state index contributed by atoms with van der Waals surface area (Å²) in [4.78, 5) is 13.7. The van der Waals surface area contributed by atoms with Crippen LogP contribution in [-0.2, 0) is 16.4 Å². The predicted octanol–water partition coefficient (Wildman–Crippen LogP) is 1.20. The van der Waals surface area contributed by atoms with E-state index in [0.29, 0.717) is 13.0 Å². The number of carbonyl (C=O) groups is 1. The van der Waals surface area contributed by atoms with Crippen LogP contribution in [0.5, 0.6) is 0 Å². The molecule has 128 valence electrons. The molecule has 1 fully saturated rings. The Balaban J connectivity index is 1.54. The molecule has 1 aromatic carbocycles. The highest BCUT2D eigenvalue weighted by molar-refractivity contribution is 7.91. The highest BCUT2D eigenvalue weighted by Crippen LogP contribution is 2.16. The van der Waals surface area contributed by atoms with Gasteiger partial charge in [-0.25, -0.2) is 17.9 Å². The molecule has 0 aliphatic carbocycles. The van der Waals surface area contributed by atoms with Crippen LogP contribution in [-0.4, -0.2) is 53.7 Å². The van der Waals surface area contributed by atoms with Gasteiger partial charge in [-0.2, -0.15) is 5.10 Å². The van der Waals surface area contributed by atoms with Crippen LogP contribution in [0, 0.1) is 0 Å². The number of rotatable bonds is 4. The van der Waals surface area contributed by atoms with Gasteiger partial charge in [-0.1, -0.05) is 12.1 Å². The second-order valence-corrected chi connectivity index (χ2v) is 8.17. The molecule has 0 unspecified atom stereocenters. The van der Waals surface area contributed by atoms with E-state index in [-0.39, 0.29) is 23.6 Å². The Hall–Kier alpha value is -2.35. The van der Waals surface area contributed by atoms with Crippen molar-refractivity contribution in [1.29, 1.82) is 0 Å². The van der Waals surface area contributed by atoms with Gasteiger partial charge >= 0.3 is 6.03 Å². The maximum absolute atomic E-state index is 12.2. The van der Waals surface area contributed by atoms with E-state index in [0.717, 1.165) is 11.3 Å². The van der Waals surface area contributed by atoms with Crippen molar-refractivity contribution in [2.75, 3.05) is 18.6 Å². The average molecular weight is 348 g/mol. The fraction of sp³-hybridized carbons (Fsp3) is 0.375. The first kappa shape index (κ1) is 16.5. The molecule has 3 rings (SSSR count). The minimum absolute atomic E-state index is 0.0511. The van der Waals surface area contributed by atoms with Gasteiger partial charge in [0.05, 0.1) is 17.2 Å². The second kappa shape index (κ2) is 6.64. The summed E-state index contributed by atoms with van der Waals surface area (Å²) in [6.45, 7) is 0.391. The third-order valence-electron chi connectivity index (χ3n) is 4.23. The predicted molar refractivity (Wildman–Crippen MR) is 90.6 cm³/mol. The maximum Gasteiger partial charge on any atom is 0.317 e. The van der Waals surface area contributed by atoms with Crippen LogP contribution in [0.15, 0.2) is 42.7 Å². The van der Waals surface area contributed by atoms with Crippen LogP contribution in [0.2, 0.25) is 0 Å². The second-order valence-electron chi connectivity index (χ2n) is 5.94. The number of carbonyl (C=O) groups excluding carboxylic acids is 1. The minimum atomic E-state index is -3.00. The molecule has 2 aromatic rings. The minimum Gasteiger partial charge on any atom is -0.334 e. The summed E-state index contributed by atoms with van der Waals surface area (Å²) in [5.41, 5.74) is 1.91. The van der Waals surface area contributed by atoms with Crippen molar-refractivity contribution in [3.05, 3.63) is 48.3 Å². The van der Waals surface area contributed by atoms with E-state index in [1.165, 1.54) is 4.90 Å². The summed E-state index contributed by atoms with van der Waals surface area (Å²) in [6.07, 6.45) is 4.08. The van der Waals surface area contributed by atoms with Gasteiger partial charge in [-0.3, -0.25) is 0 Å². The van der Waals surface area contributed by atoms with Crippen molar-refractivity contribution in [2.45, 2.75) is 19.0 Å². The van der Waals surface area contributed by atoms with Crippen LogP contribution >= 0.6 is 0 Å². The van der Waals surface area contributed by atoms with E-state index in [1.807, 2.05) is 36.5 Å². The molecule has 1 aliphatic heterocycles. The Morgan fingerprint density at radius 2 is 2.12 bits per heavy atom. The molecule has 0 bridgehead atoms. The van der Waals surface area contributed by atoms with Gasteiger partial charge < -0.3 is 10.2 Å². The molecular formula is C16H20N4O3S. The van der Waals surface area contributed by atoms with E-state index in [1.54, 1.807) is 17.9 Å². The Morgan fingerprint density at radius 1 is 1.38 bits per heavy atom. The zero-order valence-electron chi connectivity index (χ0n) is 13.4. The first-order valence-electron chi connectivity index (χ1n) is 7.75. The molecule has 1 atom stereocenters. The number of nitrogens with zero attached hydrogens (tertiary/aromatic N) is 3. The van der Waals surface area contributed by atoms with Crippen LogP contribution in [0.4, 0.5) is 4.79 Å². The first-order valence-corrected chi connectivity index (χ1v) is 9.57. The van der Waals surface area contributed by atoms with Crippen LogP contribution in [0.25, 0.3) is 5.69 Å². The van der Waals surface area contributed by atoms with Gasteiger partial charge in [0.15, 0.2) is 9.84 Å². The number of aromatic nitrogens is 2. The lowest BCUT2D eigenvalue weighted by molar-refractivity contribution is 0.194. The standard InChI is InChI=1S/C16H20N4O3S/c1-19(15-7-10-24(22,23)12-15)16(21)17-11-13-3-5-14(6-4-13)20-9-2-8-18-20/h2-6,8-9,15H,7,10-12H2,1H3,(H,17,21)/t15-/m1/s1. The summed E-state index contributed by atoms with van der Waals surface area (Å²) in [5.74, 6) is 0.208. The zero-order valence-corrected chi connectivity index (χ0v) is 14.2. The van der Waals surface area contributed by atoms with Gasteiger partial charge in [0.25, 0.3) is 0 Å². The first-order chi connectivity index (χ1) is 11.4. The third kappa shape index (κ3) is 3.76. The van der Waals surface area contributed by atoms with Crippen molar-refractivity contribution < 1.29 is 13.2 Å². The highest BCUT2D eigenvalue weighted by atomic mass is 32.2. The van der Waals surface area contributed by atoms with Gasteiger partial charge in [0.2, 0.25) is 0 Å². The molecule has 24 heavy (non-hydrogen) atoms. The lowest BCUT2D eigenvalue weighted by atomic mass is 10.2. The van der Waals surface area contributed by atoms with Crippen LogP contribution in [0.3, 0.4) is 0 Å².